The molecule has 142 heavy (non-hydrogen) atoms. The van der Waals surface area contributed by atoms with Crippen LogP contribution in [0.25, 0.3) is 127 Å². The summed E-state index contributed by atoms with van der Waals surface area (Å²) in [4.78, 5) is 0. The number of rotatable bonds is 11. The van der Waals surface area contributed by atoms with Gasteiger partial charge < -0.3 is 30.5 Å². The van der Waals surface area contributed by atoms with Gasteiger partial charge in [0, 0.05) is 86.5 Å². The molecule has 0 radical (unpaired) electrons. The lowest BCUT2D eigenvalue weighted by Gasteiger charge is -2.34. The number of nitrogens with one attached hydrogen (secondary N) is 1. The standard InChI is InChI=1S/C44H31N.C33H26N2.C25H19N.C18H12IN.C15H15N/c1-4-14-33(15-5-1)44(34-16-6-2-7-17-34)40-22-12-10-20-36(40)37-26-24-32(30-41(37)44)28-31-25-27-43-39(29-31)38-21-11-13-23-42(38)45(43)35-18-8-3-9-19-35;1-33(2)29-14-8-6-12-25(29)26-18-16-23(21-30(26)33)34-22-17-19-32-28(20-22)27-13-7-9-15-31(27)35(32)24-10-4-3-5-11-24;26-20-15-16-22-21-13-7-8-14-23(21)25(24(22)17-20,18-9-3-1-4-10-18)19-11-5-2-6-12-19;19-13-10-11-18-16(12-13)15-8-4-5-9-17(15)20(18)14-6-2-1-3-7-14;1-15(2)13-6-4-3-5-11(13)12-8-7-10(16)9-14(12)15/h1-27,29-30H,28H2;3-21,34H,1-2H3;1-17H,26H2;1-12H;3-9H,16H2,1-2H3. The first-order valence-electron chi connectivity index (χ1n) is 49.1. The molecule has 5 N–H and O–H groups in total. The molecule has 3 heterocycles. The van der Waals surface area contributed by atoms with Gasteiger partial charge in [0.05, 0.1) is 43.9 Å². The van der Waals surface area contributed by atoms with Gasteiger partial charge in [0.15, 0.2) is 0 Å². The minimum Gasteiger partial charge on any atom is -0.399 e. The van der Waals surface area contributed by atoms with Crippen LogP contribution < -0.4 is 16.8 Å². The normalized spacial score (nSPS) is 13.4. The first-order chi connectivity index (χ1) is 69.7. The molecular weight excluding hydrogens is 1830 g/mol. The Labute approximate surface area is 843 Å². The van der Waals surface area contributed by atoms with Gasteiger partial charge in [0.25, 0.3) is 0 Å². The maximum atomic E-state index is 6.24. The predicted octanol–water partition coefficient (Wildman–Crippen LogP) is 34.2. The minimum atomic E-state index is -0.377. The van der Waals surface area contributed by atoms with Crippen LogP contribution in [0.2, 0.25) is 0 Å². The number of fused-ring (bicyclic) bond motifs is 21. The van der Waals surface area contributed by atoms with Crippen molar-refractivity contribution in [2.45, 2.75) is 55.8 Å². The van der Waals surface area contributed by atoms with Crippen LogP contribution in [-0.2, 0) is 28.1 Å². The summed E-state index contributed by atoms with van der Waals surface area (Å²) in [6.07, 6.45) is 0.865. The van der Waals surface area contributed by atoms with E-state index < -0.39 is 0 Å². The predicted molar refractivity (Wildman–Crippen MR) is 605 cm³/mol. The summed E-state index contributed by atoms with van der Waals surface area (Å²) in [6.45, 7) is 9.17. The van der Waals surface area contributed by atoms with Crippen LogP contribution in [0.1, 0.15) is 106 Å². The fourth-order valence-electron chi connectivity index (χ4n) is 23.7. The summed E-state index contributed by atoms with van der Waals surface area (Å²) in [5, 5.41) is 11.4. The average molecular weight is 1940 g/mol. The van der Waals surface area contributed by atoms with E-state index in [1.54, 1.807) is 0 Å². The maximum absolute atomic E-state index is 6.24. The quantitative estimate of drug-likeness (QED) is 0.0892. The van der Waals surface area contributed by atoms with Crippen LogP contribution in [0.5, 0.6) is 0 Å². The number of hydrogen-bond acceptors (Lipinski definition) is 3. The third kappa shape index (κ3) is 14.9. The number of aromatic nitrogens is 3. The van der Waals surface area contributed by atoms with E-state index in [1.807, 2.05) is 12.1 Å². The van der Waals surface area contributed by atoms with Crippen molar-refractivity contribution in [3.63, 3.8) is 0 Å². The van der Waals surface area contributed by atoms with Gasteiger partial charge in [-0.25, -0.2) is 0 Å². The van der Waals surface area contributed by atoms with E-state index in [1.165, 1.54) is 208 Å². The van der Waals surface area contributed by atoms with Gasteiger partial charge in [-0.2, -0.15) is 0 Å². The van der Waals surface area contributed by atoms with Crippen molar-refractivity contribution in [3.8, 4) is 61.6 Å². The molecule has 3 aromatic heterocycles. The third-order valence-electron chi connectivity index (χ3n) is 30.0. The fourth-order valence-corrected chi connectivity index (χ4v) is 24.2. The van der Waals surface area contributed by atoms with E-state index >= 15 is 0 Å². The number of nitrogen functional groups attached to an aromatic ring is 2. The highest BCUT2D eigenvalue weighted by Crippen LogP contribution is 2.60. The summed E-state index contributed by atoms with van der Waals surface area (Å²) in [7, 11) is 0. The van der Waals surface area contributed by atoms with Gasteiger partial charge in [-0.05, 0) is 291 Å². The number of nitrogens with zero attached hydrogens (tertiary/aromatic N) is 3. The molecule has 21 aromatic carbocycles. The molecule has 24 aromatic rings. The molecule has 4 aliphatic rings. The maximum Gasteiger partial charge on any atom is 0.0714 e. The third-order valence-corrected chi connectivity index (χ3v) is 30.7. The smallest absolute Gasteiger partial charge is 0.0714 e. The van der Waals surface area contributed by atoms with Gasteiger partial charge in [-0.15, -0.1) is 0 Å². The Hall–Kier alpha value is -16.9. The molecule has 0 aliphatic heterocycles. The molecule has 0 spiro atoms. The van der Waals surface area contributed by atoms with Crippen molar-refractivity contribution in [2.24, 2.45) is 0 Å². The second kappa shape index (κ2) is 36.2. The summed E-state index contributed by atoms with van der Waals surface area (Å²) in [5.74, 6) is 0. The molecule has 4 aliphatic carbocycles. The van der Waals surface area contributed by atoms with Crippen LogP contribution in [0.15, 0.2) is 510 Å². The molecule has 0 amide bonds. The molecule has 28 rings (SSSR count). The van der Waals surface area contributed by atoms with Crippen LogP contribution in [0.3, 0.4) is 0 Å². The summed E-state index contributed by atoms with van der Waals surface area (Å²) in [5.41, 5.74) is 55.5. The van der Waals surface area contributed by atoms with Crippen LogP contribution >= 0.6 is 22.6 Å². The second-order valence-electron chi connectivity index (χ2n) is 38.8. The van der Waals surface area contributed by atoms with Crippen molar-refractivity contribution in [1.82, 2.24) is 13.7 Å². The van der Waals surface area contributed by atoms with Crippen LogP contribution in [-0.4, -0.2) is 13.7 Å². The van der Waals surface area contributed by atoms with Gasteiger partial charge in [0.1, 0.15) is 0 Å². The Morgan fingerprint density at radius 1 is 0.211 bits per heavy atom. The highest BCUT2D eigenvalue weighted by atomic mass is 127. The summed E-state index contributed by atoms with van der Waals surface area (Å²) >= 11 is 2.38. The van der Waals surface area contributed by atoms with E-state index in [2.05, 4.69) is 567 Å². The van der Waals surface area contributed by atoms with Crippen molar-refractivity contribution < 1.29 is 0 Å². The minimum absolute atomic E-state index is 0.00330. The Balaban J connectivity index is 0.000000100. The average Bonchev–Trinajstić information content (AvgIpc) is 1.54. The molecule has 0 saturated heterocycles. The number of anilines is 4. The molecule has 6 nitrogen and oxygen atoms in total. The Kier molecular flexibility index (Phi) is 22.4. The highest BCUT2D eigenvalue weighted by Gasteiger charge is 2.48. The molecule has 0 bridgehead atoms. The SMILES string of the molecule is CC1(C)c2ccccc2-c2ccc(N)cc21.CC1(C)c2ccccc2-c2ccc(Nc3ccc4c(c3)c3ccccc3n4-c3ccccc3)cc21.Ic1ccc2c(c1)c1ccccc1n2-c1ccccc1.Nc1ccc2c(c1)C(c1ccccc1)(c1ccccc1)c1ccccc1-2.c1ccc(-n2c3ccccc3c3cc(Cc4ccc5c(c4)C(c4ccccc4)(c4ccccc4)c4ccccc4-5)ccc32)cc1. The number of halogens is 1. The first-order valence-corrected chi connectivity index (χ1v) is 50.1. The molecule has 0 saturated carbocycles. The molecular formula is C135H103IN6. The molecule has 0 fully saturated rings. The fraction of sp³-hybridized carbons (Fsp3) is 0.0667. The largest absolute Gasteiger partial charge is 0.399 e. The number of benzene rings is 21. The van der Waals surface area contributed by atoms with Crippen molar-refractivity contribution in [2.75, 3.05) is 16.8 Å². The van der Waals surface area contributed by atoms with E-state index in [-0.39, 0.29) is 21.7 Å². The van der Waals surface area contributed by atoms with Crippen molar-refractivity contribution >= 4 is 111 Å². The summed E-state index contributed by atoms with van der Waals surface area (Å²) < 4.78 is 8.34. The van der Waals surface area contributed by atoms with Gasteiger partial charge >= 0.3 is 0 Å². The zero-order valence-electron chi connectivity index (χ0n) is 79.6. The number of para-hydroxylation sites is 6. The molecule has 7 heteroatoms. The molecule has 680 valence electrons. The lowest BCUT2D eigenvalue weighted by molar-refractivity contribution is 0.660. The second-order valence-corrected chi connectivity index (χ2v) is 40.0. The van der Waals surface area contributed by atoms with Gasteiger partial charge in [-0.1, -0.05) is 398 Å². The number of hydrogen-bond donors (Lipinski definition) is 3. The van der Waals surface area contributed by atoms with Crippen molar-refractivity contribution in [1.29, 1.82) is 0 Å². The highest BCUT2D eigenvalue weighted by molar-refractivity contribution is 14.1. The topological polar surface area (TPSA) is 78.9 Å². The zero-order valence-corrected chi connectivity index (χ0v) is 81.7. The Morgan fingerprint density at radius 3 is 0.923 bits per heavy atom. The zero-order chi connectivity index (χ0) is 95.8. The molecule has 0 atom stereocenters. The van der Waals surface area contributed by atoms with Crippen LogP contribution in [0, 0.1) is 3.57 Å². The van der Waals surface area contributed by atoms with Crippen LogP contribution in [0.4, 0.5) is 22.7 Å². The van der Waals surface area contributed by atoms with Gasteiger partial charge in [-0.3, -0.25) is 0 Å². The Bertz CT molecular complexity index is 8850. The Morgan fingerprint density at radius 2 is 0.486 bits per heavy atom. The number of nitrogens with two attached hydrogens (primary N) is 2. The van der Waals surface area contributed by atoms with E-state index in [4.69, 9.17) is 11.5 Å². The monoisotopic (exact) mass is 1930 g/mol. The lowest BCUT2D eigenvalue weighted by Crippen LogP contribution is -2.28. The van der Waals surface area contributed by atoms with E-state index in [0.717, 1.165) is 29.2 Å². The van der Waals surface area contributed by atoms with Crippen molar-refractivity contribution in [3.05, 3.63) is 591 Å². The van der Waals surface area contributed by atoms with E-state index in [9.17, 15) is 0 Å². The first kappa shape index (κ1) is 87.9. The summed E-state index contributed by atoms with van der Waals surface area (Å²) in [6, 6.07) is 183. The van der Waals surface area contributed by atoms with Gasteiger partial charge in [0.2, 0.25) is 0 Å². The molecule has 0 unspecified atom stereocenters. The lowest BCUT2D eigenvalue weighted by atomic mass is 9.67. The van der Waals surface area contributed by atoms with E-state index in [0.29, 0.717) is 0 Å².